The zero-order valence-corrected chi connectivity index (χ0v) is 9.43. The van der Waals surface area contributed by atoms with E-state index in [2.05, 4.69) is 17.1 Å². The molecule has 0 fully saturated rings. The Morgan fingerprint density at radius 1 is 1.31 bits per heavy atom. The minimum absolute atomic E-state index is 0.242. The topological polar surface area (TPSA) is 20.7 Å². The Balaban J connectivity index is 2.27. The van der Waals surface area contributed by atoms with Crippen molar-refractivity contribution in [2.75, 3.05) is 0 Å². The summed E-state index contributed by atoms with van der Waals surface area (Å²) in [6, 6.07) is 5.41. The molecule has 0 saturated carbocycles. The highest BCUT2D eigenvalue weighted by Crippen LogP contribution is 2.29. The first-order chi connectivity index (χ1) is 7.77. The summed E-state index contributed by atoms with van der Waals surface area (Å²) in [4.78, 5) is 2.95. The van der Waals surface area contributed by atoms with Crippen molar-refractivity contribution in [3.05, 3.63) is 40.9 Å². The van der Waals surface area contributed by atoms with Crippen LogP contribution in [0, 0.1) is 10.6 Å². The van der Waals surface area contributed by atoms with Gasteiger partial charge in [-0.1, -0.05) is 18.2 Å². The molecule has 1 aliphatic rings. The molecule has 1 aliphatic carbocycles. The van der Waals surface area contributed by atoms with Crippen LogP contribution in [0.25, 0.3) is 11.0 Å². The third-order valence-electron chi connectivity index (χ3n) is 3.05. The molecule has 0 spiro atoms. The number of benzene rings is 1. The molecule has 0 amide bonds. The van der Waals surface area contributed by atoms with E-state index in [0.717, 1.165) is 18.4 Å². The molecule has 1 aromatic carbocycles. The standard InChI is InChI=1S/C12H11FN2S/c13-9-6-3-7-10-11(9)14-12(16)15(10)8-4-1-2-5-8/h1-3,6-8H,4-5H2,(H,14,16). The van der Waals surface area contributed by atoms with Gasteiger partial charge in [0.05, 0.1) is 5.52 Å². The predicted octanol–water partition coefficient (Wildman–Crippen LogP) is 3.73. The maximum atomic E-state index is 13.6. The van der Waals surface area contributed by atoms with Crippen molar-refractivity contribution in [3.8, 4) is 0 Å². The predicted molar refractivity (Wildman–Crippen MR) is 64.5 cm³/mol. The molecule has 1 aromatic heterocycles. The highest BCUT2D eigenvalue weighted by atomic mass is 32.1. The van der Waals surface area contributed by atoms with Gasteiger partial charge in [0.1, 0.15) is 11.3 Å². The molecule has 16 heavy (non-hydrogen) atoms. The number of para-hydroxylation sites is 1. The molecule has 0 radical (unpaired) electrons. The Kier molecular flexibility index (Phi) is 2.17. The van der Waals surface area contributed by atoms with Crippen LogP contribution >= 0.6 is 12.2 Å². The van der Waals surface area contributed by atoms with Gasteiger partial charge in [-0.25, -0.2) is 4.39 Å². The van der Waals surface area contributed by atoms with Gasteiger partial charge in [0.2, 0.25) is 0 Å². The molecule has 3 rings (SSSR count). The van der Waals surface area contributed by atoms with Crippen LogP contribution in [-0.4, -0.2) is 9.55 Å². The van der Waals surface area contributed by atoms with Gasteiger partial charge in [-0.15, -0.1) is 0 Å². The van der Waals surface area contributed by atoms with Gasteiger partial charge in [0.15, 0.2) is 4.77 Å². The number of aromatic nitrogens is 2. The van der Waals surface area contributed by atoms with Crippen LogP contribution in [0.4, 0.5) is 4.39 Å². The molecule has 2 nitrogen and oxygen atoms in total. The van der Waals surface area contributed by atoms with Crippen LogP contribution in [0.3, 0.4) is 0 Å². The van der Waals surface area contributed by atoms with E-state index in [1.807, 2.05) is 10.6 Å². The van der Waals surface area contributed by atoms with Crippen molar-refractivity contribution >= 4 is 23.3 Å². The van der Waals surface area contributed by atoms with Gasteiger partial charge in [0, 0.05) is 6.04 Å². The third kappa shape index (κ3) is 1.33. The first kappa shape index (κ1) is 9.78. The van der Waals surface area contributed by atoms with E-state index in [4.69, 9.17) is 12.2 Å². The average Bonchev–Trinajstić information content (AvgIpc) is 2.85. The Labute approximate surface area is 97.4 Å². The smallest absolute Gasteiger partial charge is 0.178 e. The van der Waals surface area contributed by atoms with Gasteiger partial charge < -0.3 is 9.55 Å². The highest BCUT2D eigenvalue weighted by molar-refractivity contribution is 7.71. The van der Waals surface area contributed by atoms with Crippen LogP contribution < -0.4 is 0 Å². The second kappa shape index (κ2) is 3.56. The van der Waals surface area contributed by atoms with Gasteiger partial charge in [-0.2, -0.15) is 0 Å². The molecule has 0 atom stereocenters. The zero-order valence-electron chi connectivity index (χ0n) is 8.61. The van der Waals surface area contributed by atoms with Crippen molar-refractivity contribution in [1.29, 1.82) is 0 Å². The van der Waals surface area contributed by atoms with Crippen LogP contribution in [0.5, 0.6) is 0 Å². The first-order valence-electron chi connectivity index (χ1n) is 5.31. The molecule has 0 aliphatic heterocycles. The summed E-state index contributed by atoms with van der Waals surface area (Å²) < 4.78 is 16.2. The fourth-order valence-electron chi connectivity index (χ4n) is 2.29. The SMILES string of the molecule is Fc1cccc2c1[nH]c(=S)n2C1CC=CC1. The van der Waals surface area contributed by atoms with E-state index in [1.165, 1.54) is 6.07 Å². The van der Waals surface area contributed by atoms with Gasteiger partial charge in [-0.05, 0) is 37.2 Å². The normalized spacial score (nSPS) is 16.3. The summed E-state index contributed by atoms with van der Waals surface area (Å²) in [7, 11) is 0. The molecule has 0 saturated heterocycles. The number of fused-ring (bicyclic) bond motifs is 1. The number of hydrogen-bond acceptors (Lipinski definition) is 1. The summed E-state index contributed by atoms with van der Waals surface area (Å²) in [5.74, 6) is -0.242. The molecular weight excluding hydrogens is 223 g/mol. The third-order valence-corrected chi connectivity index (χ3v) is 3.35. The quantitative estimate of drug-likeness (QED) is 0.589. The van der Waals surface area contributed by atoms with E-state index >= 15 is 0 Å². The lowest BCUT2D eigenvalue weighted by Gasteiger charge is -2.12. The van der Waals surface area contributed by atoms with Crippen molar-refractivity contribution in [1.82, 2.24) is 9.55 Å². The maximum absolute atomic E-state index is 13.6. The molecule has 4 heteroatoms. The van der Waals surface area contributed by atoms with Crippen molar-refractivity contribution < 1.29 is 4.39 Å². The van der Waals surface area contributed by atoms with E-state index in [0.29, 0.717) is 16.3 Å². The Morgan fingerprint density at radius 2 is 2.06 bits per heavy atom. The number of aromatic amines is 1. The second-order valence-electron chi connectivity index (χ2n) is 4.03. The highest BCUT2D eigenvalue weighted by Gasteiger charge is 2.17. The molecule has 1 heterocycles. The fraction of sp³-hybridized carbons (Fsp3) is 0.250. The van der Waals surface area contributed by atoms with Crippen molar-refractivity contribution in [2.45, 2.75) is 18.9 Å². The van der Waals surface area contributed by atoms with Crippen molar-refractivity contribution in [3.63, 3.8) is 0 Å². The monoisotopic (exact) mass is 234 g/mol. The number of H-pyrrole nitrogens is 1. The number of allylic oxidation sites excluding steroid dienone is 2. The summed E-state index contributed by atoms with van der Waals surface area (Å²) >= 11 is 5.26. The fourth-order valence-corrected chi connectivity index (χ4v) is 2.64. The Morgan fingerprint density at radius 3 is 2.81 bits per heavy atom. The van der Waals surface area contributed by atoms with Gasteiger partial charge in [-0.3, -0.25) is 0 Å². The molecule has 82 valence electrons. The molecule has 2 aromatic rings. The average molecular weight is 234 g/mol. The lowest BCUT2D eigenvalue weighted by molar-refractivity contribution is 0.544. The summed E-state index contributed by atoms with van der Waals surface area (Å²) in [5.41, 5.74) is 1.37. The number of nitrogens with zero attached hydrogens (tertiary/aromatic N) is 1. The van der Waals surface area contributed by atoms with Gasteiger partial charge in [0.25, 0.3) is 0 Å². The first-order valence-corrected chi connectivity index (χ1v) is 5.72. The second-order valence-corrected chi connectivity index (χ2v) is 4.42. The van der Waals surface area contributed by atoms with Crippen LogP contribution in [0.15, 0.2) is 30.4 Å². The summed E-state index contributed by atoms with van der Waals surface area (Å²) in [6.07, 6.45) is 6.23. The summed E-state index contributed by atoms with van der Waals surface area (Å²) in [5, 5.41) is 0. The molecule has 1 N–H and O–H groups in total. The van der Waals surface area contributed by atoms with E-state index in [1.54, 1.807) is 6.07 Å². The molecule has 0 bridgehead atoms. The van der Waals surface area contributed by atoms with E-state index < -0.39 is 0 Å². The summed E-state index contributed by atoms with van der Waals surface area (Å²) in [6.45, 7) is 0. The number of nitrogens with one attached hydrogen (secondary N) is 1. The van der Waals surface area contributed by atoms with Gasteiger partial charge >= 0.3 is 0 Å². The van der Waals surface area contributed by atoms with Crippen LogP contribution in [-0.2, 0) is 0 Å². The molecule has 0 unspecified atom stereocenters. The van der Waals surface area contributed by atoms with Crippen molar-refractivity contribution in [2.24, 2.45) is 0 Å². The number of hydrogen-bond donors (Lipinski definition) is 1. The molecular formula is C12H11FN2S. The minimum atomic E-state index is -0.242. The minimum Gasteiger partial charge on any atom is -0.328 e. The number of rotatable bonds is 1. The number of imidazole rings is 1. The Hall–Kier alpha value is -1.42. The number of halogens is 1. The largest absolute Gasteiger partial charge is 0.328 e. The zero-order chi connectivity index (χ0) is 11.1. The lowest BCUT2D eigenvalue weighted by Crippen LogP contribution is -2.04. The lowest BCUT2D eigenvalue weighted by atomic mass is 10.2. The van der Waals surface area contributed by atoms with Crippen LogP contribution in [0.1, 0.15) is 18.9 Å². The van der Waals surface area contributed by atoms with E-state index in [-0.39, 0.29) is 5.82 Å². The Bertz CT molecular complexity index is 615. The van der Waals surface area contributed by atoms with Crippen LogP contribution in [0.2, 0.25) is 0 Å². The van der Waals surface area contributed by atoms with E-state index in [9.17, 15) is 4.39 Å². The maximum Gasteiger partial charge on any atom is 0.178 e.